The molecule has 1 aliphatic rings. The van der Waals surface area contributed by atoms with E-state index in [9.17, 15) is 0 Å². The fourth-order valence-corrected chi connectivity index (χ4v) is 6.97. The average molecular weight is 403 g/mol. The van der Waals surface area contributed by atoms with Crippen molar-refractivity contribution < 1.29 is 0 Å². The van der Waals surface area contributed by atoms with Crippen molar-refractivity contribution in [2.75, 3.05) is 0 Å². The molecule has 1 aliphatic carbocycles. The number of aryl methyl sites for hydroxylation is 2. The summed E-state index contributed by atoms with van der Waals surface area (Å²) >= 11 is 0. The first-order valence-electron chi connectivity index (χ1n) is 11.6. The lowest BCUT2D eigenvalue weighted by molar-refractivity contribution is 0.794. The first-order valence-corrected chi connectivity index (χ1v) is 13.2. The second-order valence-electron chi connectivity index (χ2n) is 8.90. The molecule has 0 saturated heterocycles. The molecule has 2 aromatic carbocycles. The number of hydrogen-bond acceptors (Lipinski definition) is 0. The van der Waals surface area contributed by atoms with Gasteiger partial charge in [0.1, 0.15) is 0 Å². The average Bonchev–Trinajstić information content (AvgIpc) is 3.06. The van der Waals surface area contributed by atoms with Crippen molar-refractivity contribution in [3.8, 4) is 0 Å². The van der Waals surface area contributed by atoms with Gasteiger partial charge in [0.2, 0.25) is 0 Å². The van der Waals surface area contributed by atoms with Gasteiger partial charge in [-0.2, -0.15) is 0 Å². The highest BCUT2D eigenvalue weighted by molar-refractivity contribution is 6.48. The second kappa shape index (κ2) is 10.8. The third kappa shape index (κ3) is 6.06. The Hall–Kier alpha value is -1.86. The Balaban J connectivity index is 1.84. The van der Waals surface area contributed by atoms with E-state index in [0.29, 0.717) is 5.54 Å². The summed E-state index contributed by atoms with van der Waals surface area (Å²) in [6.07, 6.45) is 11.1. The van der Waals surface area contributed by atoms with Crippen LogP contribution < -0.4 is 0 Å². The van der Waals surface area contributed by atoms with E-state index < -0.39 is 9.52 Å². The Morgan fingerprint density at radius 1 is 0.759 bits per heavy atom. The maximum Gasteiger partial charge on any atom is 0.0635 e. The minimum atomic E-state index is -0.403. The summed E-state index contributed by atoms with van der Waals surface area (Å²) in [6, 6.07) is 19.2. The minimum absolute atomic E-state index is 0.403. The summed E-state index contributed by atoms with van der Waals surface area (Å²) < 4.78 is 0. The van der Waals surface area contributed by atoms with Crippen LogP contribution in [-0.4, -0.2) is 9.52 Å². The zero-order chi connectivity index (χ0) is 20.6. The Morgan fingerprint density at radius 2 is 1.24 bits per heavy atom. The Bertz CT molecular complexity index is 785. The molecule has 0 heterocycles. The van der Waals surface area contributed by atoms with Crippen molar-refractivity contribution in [1.82, 2.24) is 0 Å². The van der Waals surface area contributed by atoms with Gasteiger partial charge in [-0.3, -0.25) is 0 Å². The topological polar surface area (TPSA) is 0 Å². The van der Waals surface area contributed by atoms with Gasteiger partial charge in [0.05, 0.1) is 9.52 Å². The van der Waals surface area contributed by atoms with E-state index in [2.05, 4.69) is 82.3 Å². The van der Waals surface area contributed by atoms with E-state index in [1.54, 1.807) is 10.8 Å². The first-order chi connectivity index (χ1) is 14.1. The van der Waals surface area contributed by atoms with Crippen molar-refractivity contribution >= 4 is 9.52 Å². The molecule has 0 N–H and O–H groups in total. The van der Waals surface area contributed by atoms with Gasteiger partial charge in [0.15, 0.2) is 0 Å². The fraction of sp³-hybridized carbons (Fsp3) is 0.429. The molecule has 0 nitrogen and oxygen atoms in total. The Kier molecular flexibility index (Phi) is 8.12. The van der Waals surface area contributed by atoms with Crippen LogP contribution in [0.5, 0.6) is 0 Å². The zero-order valence-electron chi connectivity index (χ0n) is 18.9. The lowest BCUT2D eigenvalue weighted by atomic mass is 9.99. The molecule has 0 fully saturated rings. The molecule has 29 heavy (non-hydrogen) atoms. The number of hydrogen-bond donors (Lipinski definition) is 0. The predicted octanol–water partition coefficient (Wildman–Crippen LogP) is 7.25. The Morgan fingerprint density at radius 3 is 1.62 bits per heavy atom. The number of rotatable bonds is 10. The van der Waals surface area contributed by atoms with Gasteiger partial charge >= 0.3 is 0 Å². The molecule has 0 unspecified atom stereocenters. The van der Waals surface area contributed by atoms with Crippen molar-refractivity contribution in [2.24, 2.45) is 0 Å². The molecule has 0 bridgehead atoms. The zero-order valence-corrected chi connectivity index (χ0v) is 20.3. The summed E-state index contributed by atoms with van der Waals surface area (Å²) in [5.74, 6) is 0. The highest BCUT2D eigenvalue weighted by Crippen LogP contribution is 2.32. The smallest absolute Gasteiger partial charge is 0.0635 e. The number of allylic oxidation sites excluding steroid dienone is 4. The monoisotopic (exact) mass is 402 g/mol. The van der Waals surface area contributed by atoms with Crippen LogP contribution in [-0.2, 0) is 12.8 Å². The molecule has 0 aromatic heterocycles. The van der Waals surface area contributed by atoms with Crippen LogP contribution in [0.15, 0.2) is 70.9 Å². The molecule has 0 amide bonds. The normalized spacial score (nSPS) is 14.4. The van der Waals surface area contributed by atoms with Crippen molar-refractivity contribution in [3.05, 3.63) is 93.2 Å². The molecule has 0 radical (unpaired) electrons. The predicted molar refractivity (Wildman–Crippen MR) is 132 cm³/mol. The quantitative estimate of drug-likeness (QED) is 0.367. The molecule has 0 saturated carbocycles. The molecular weight excluding hydrogens is 364 g/mol. The number of unbranched alkanes of at least 4 members (excludes halogenated alkanes) is 2. The summed E-state index contributed by atoms with van der Waals surface area (Å²) in [5.41, 5.74) is 9.66. The molecule has 0 atom stereocenters. The van der Waals surface area contributed by atoms with E-state index in [-0.39, 0.29) is 0 Å². The van der Waals surface area contributed by atoms with Crippen LogP contribution in [0.1, 0.15) is 87.6 Å². The minimum Gasteiger partial charge on any atom is -0.0801 e. The van der Waals surface area contributed by atoms with Crippen molar-refractivity contribution in [1.29, 1.82) is 0 Å². The molecule has 154 valence electrons. The molecule has 0 spiro atoms. The molecule has 2 aromatic rings. The van der Waals surface area contributed by atoms with Gasteiger partial charge in [-0.15, -0.1) is 0 Å². The summed E-state index contributed by atoms with van der Waals surface area (Å²) in [7, 11) is -0.403. The molecule has 3 rings (SSSR count). The van der Waals surface area contributed by atoms with Crippen molar-refractivity contribution in [2.45, 2.75) is 78.2 Å². The van der Waals surface area contributed by atoms with Gasteiger partial charge in [0, 0.05) is 5.54 Å². The van der Waals surface area contributed by atoms with Crippen molar-refractivity contribution in [3.63, 3.8) is 0 Å². The molecule has 1 heteroatoms. The lowest BCUT2D eigenvalue weighted by Crippen LogP contribution is -2.13. The standard InChI is InChI=1S/C28H38Si/c1-5-7-9-23-11-15-25(16-12-23)28(29-27-20-21(3)19-22(27)4)26-17-13-24(14-18-26)10-8-6-2/h11-19,28H,5-10,20,29H2,1-4H3. The van der Waals surface area contributed by atoms with E-state index in [4.69, 9.17) is 0 Å². The third-order valence-corrected chi connectivity index (χ3v) is 9.02. The maximum atomic E-state index is 2.42. The summed E-state index contributed by atoms with van der Waals surface area (Å²) in [4.78, 5) is 0. The molecule has 0 aliphatic heterocycles. The highest BCUT2D eigenvalue weighted by Gasteiger charge is 2.20. The highest BCUT2D eigenvalue weighted by atomic mass is 28.2. The lowest BCUT2D eigenvalue weighted by Gasteiger charge is -2.20. The summed E-state index contributed by atoms with van der Waals surface area (Å²) in [6.45, 7) is 9.14. The van der Waals surface area contributed by atoms with Gasteiger partial charge in [-0.1, -0.05) is 97.6 Å². The Labute approximate surface area is 181 Å². The SMILES string of the molecule is CCCCc1ccc(C([SiH2]C2=C(C)C=C(C)C2)c2ccc(CCCC)cc2)cc1. The van der Waals surface area contributed by atoms with Crippen LogP contribution in [0, 0.1) is 0 Å². The summed E-state index contributed by atoms with van der Waals surface area (Å²) in [5, 5.41) is 1.75. The second-order valence-corrected chi connectivity index (χ2v) is 11.0. The fourth-order valence-electron chi connectivity index (χ4n) is 4.50. The van der Waals surface area contributed by atoms with E-state index >= 15 is 0 Å². The first kappa shape index (κ1) is 21.8. The largest absolute Gasteiger partial charge is 0.0801 e. The van der Waals surface area contributed by atoms with Gasteiger partial charge < -0.3 is 0 Å². The van der Waals surface area contributed by atoms with Gasteiger partial charge in [0.25, 0.3) is 0 Å². The van der Waals surface area contributed by atoms with E-state index in [1.165, 1.54) is 72.8 Å². The van der Waals surface area contributed by atoms with Crippen LogP contribution in [0.4, 0.5) is 0 Å². The molecular formula is C28H38Si. The van der Waals surface area contributed by atoms with E-state index in [1.807, 2.05) is 0 Å². The van der Waals surface area contributed by atoms with E-state index in [0.717, 1.165) is 0 Å². The number of benzene rings is 2. The van der Waals surface area contributed by atoms with Crippen LogP contribution in [0.2, 0.25) is 0 Å². The van der Waals surface area contributed by atoms with Crippen LogP contribution >= 0.6 is 0 Å². The van der Waals surface area contributed by atoms with Gasteiger partial charge in [-0.25, -0.2) is 0 Å². The third-order valence-electron chi connectivity index (χ3n) is 6.37. The maximum absolute atomic E-state index is 2.42. The van der Waals surface area contributed by atoms with Gasteiger partial charge in [-0.05, 0) is 68.2 Å². The van der Waals surface area contributed by atoms with Crippen LogP contribution in [0.25, 0.3) is 0 Å². The van der Waals surface area contributed by atoms with Crippen LogP contribution in [0.3, 0.4) is 0 Å².